The van der Waals surface area contributed by atoms with Gasteiger partial charge >= 0.3 is 0 Å². The first-order valence-corrected chi connectivity index (χ1v) is 7.17. The van der Waals surface area contributed by atoms with E-state index >= 15 is 0 Å². The third-order valence-electron chi connectivity index (χ3n) is 3.10. The van der Waals surface area contributed by atoms with Gasteiger partial charge in [-0.05, 0) is 12.0 Å². The lowest BCUT2D eigenvalue weighted by molar-refractivity contribution is 0.370. The van der Waals surface area contributed by atoms with Crippen LogP contribution < -0.4 is 9.86 Å². The van der Waals surface area contributed by atoms with Crippen LogP contribution in [0.4, 0.5) is 0 Å². The lowest BCUT2D eigenvalue weighted by Gasteiger charge is -2.34. The fourth-order valence-corrected chi connectivity index (χ4v) is 2.87. The van der Waals surface area contributed by atoms with Crippen molar-refractivity contribution in [2.45, 2.75) is 38.6 Å². The highest BCUT2D eigenvalue weighted by atomic mass is 32.2. The second-order valence-corrected chi connectivity index (χ2v) is 6.04. The normalized spacial score (nSPS) is 14.6. The van der Waals surface area contributed by atoms with Crippen LogP contribution >= 0.6 is 0 Å². The van der Waals surface area contributed by atoms with Crippen molar-refractivity contribution in [1.29, 1.82) is 0 Å². The van der Waals surface area contributed by atoms with E-state index in [-0.39, 0.29) is 11.5 Å². The van der Waals surface area contributed by atoms with Crippen LogP contribution in [0.25, 0.3) is 0 Å². The maximum atomic E-state index is 11.1. The Morgan fingerprint density at radius 2 is 1.82 bits per heavy atom. The van der Waals surface area contributed by atoms with E-state index in [2.05, 4.69) is 4.72 Å². The summed E-state index contributed by atoms with van der Waals surface area (Å²) in [7, 11) is -3.68. The summed E-state index contributed by atoms with van der Waals surface area (Å²) in [5.74, 6) is 0. The van der Waals surface area contributed by atoms with Crippen molar-refractivity contribution in [1.82, 2.24) is 4.72 Å². The van der Waals surface area contributed by atoms with E-state index in [0.717, 1.165) is 5.56 Å². The van der Waals surface area contributed by atoms with Gasteiger partial charge in [0.1, 0.15) is 0 Å². The molecule has 0 amide bonds. The molecule has 4 nitrogen and oxygen atoms in total. The molecule has 3 N–H and O–H groups in total. The van der Waals surface area contributed by atoms with Crippen molar-refractivity contribution >= 4 is 10.2 Å². The molecule has 0 aromatic heterocycles. The zero-order valence-electron chi connectivity index (χ0n) is 10.5. The van der Waals surface area contributed by atoms with Gasteiger partial charge in [0, 0.05) is 11.5 Å². The first-order valence-electron chi connectivity index (χ1n) is 5.63. The Labute approximate surface area is 103 Å². The Bertz CT molecular complexity index is 455. The van der Waals surface area contributed by atoms with E-state index in [9.17, 15) is 8.42 Å². The highest BCUT2D eigenvalue weighted by molar-refractivity contribution is 7.87. The molecule has 1 rings (SSSR count). The zero-order valence-corrected chi connectivity index (χ0v) is 11.3. The molecular weight excluding hydrogens is 236 g/mol. The summed E-state index contributed by atoms with van der Waals surface area (Å²) >= 11 is 0. The van der Waals surface area contributed by atoms with Gasteiger partial charge in [-0.25, -0.2) is 5.14 Å². The Kier molecular flexibility index (Phi) is 4.30. The van der Waals surface area contributed by atoms with Gasteiger partial charge in [-0.2, -0.15) is 13.1 Å². The van der Waals surface area contributed by atoms with Crippen LogP contribution in [0.1, 0.15) is 32.8 Å². The van der Waals surface area contributed by atoms with Crippen LogP contribution in [0.15, 0.2) is 30.3 Å². The number of rotatable bonds is 5. The molecule has 0 saturated heterocycles. The van der Waals surface area contributed by atoms with Crippen molar-refractivity contribution in [3.05, 3.63) is 35.9 Å². The molecule has 1 aromatic carbocycles. The number of nitrogens with one attached hydrogen (secondary N) is 1. The molecule has 96 valence electrons. The average molecular weight is 256 g/mol. The topological polar surface area (TPSA) is 72.2 Å². The smallest absolute Gasteiger partial charge is 0.216 e. The lowest BCUT2D eigenvalue weighted by Crippen LogP contribution is -2.49. The molecular formula is C12H20N2O2S. The van der Waals surface area contributed by atoms with Crippen LogP contribution in [0.2, 0.25) is 0 Å². The van der Waals surface area contributed by atoms with E-state index in [1.807, 2.05) is 51.1 Å². The number of nitrogens with two attached hydrogens (primary N) is 1. The van der Waals surface area contributed by atoms with E-state index in [1.165, 1.54) is 0 Å². The fourth-order valence-electron chi connectivity index (χ4n) is 2.01. The van der Waals surface area contributed by atoms with E-state index in [1.54, 1.807) is 0 Å². The van der Waals surface area contributed by atoms with Crippen molar-refractivity contribution in [2.24, 2.45) is 5.14 Å². The molecule has 0 bridgehead atoms. The number of benzene rings is 1. The van der Waals surface area contributed by atoms with Crippen LogP contribution in [-0.2, 0) is 15.6 Å². The molecule has 0 aliphatic rings. The molecule has 0 radical (unpaired) electrons. The Balaban J connectivity index is 3.02. The van der Waals surface area contributed by atoms with Crippen LogP contribution in [-0.4, -0.2) is 14.5 Å². The predicted octanol–water partition coefficient (Wildman–Crippen LogP) is 1.54. The maximum Gasteiger partial charge on any atom is 0.274 e. The highest BCUT2D eigenvalue weighted by Crippen LogP contribution is 2.28. The summed E-state index contributed by atoms with van der Waals surface area (Å²) in [5.41, 5.74) is 0.783. The molecule has 1 unspecified atom stereocenters. The highest BCUT2D eigenvalue weighted by Gasteiger charge is 2.31. The third-order valence-corrected chi connectivity index (χ3v) is 3.72. The standard InChI is InChI=1S/C12H20N2O2S/c1-4-11(14-17(13,15)16)12(2,3)10-8-6-5-7-9-10/h5-9,11,14H,4H2,1-3H3,(H2,13,15,16). The van der Waals surface area contributed by atoms with Crippen molar-refractivity contribution in [3.8, 4) is 0 Å². The fraction of sp³-hybridized carbons (Fsp3) is 0.500. The summed E-state index contributed by atoms with van der Waals surface area (Å²) in [6, 6.07) is 9.59. The van der Waals surface area contributed by atoms with Gasteiger partial charge in [0.2, 0.25) is 0 Å². The van der Waals surface area contributed by atoms with E-state index in [0.29, 0.717) is 6.42 Å². The first-order chi connectivity index (χ1) is 7.77. The molecule has 17 heavy (non-hydrogen) atoms. The Hall–Kier alpha value is -0.910. The summed E-state index contributed by atoms with van der Waals surface area (Å²) < 4.78 is 24.8. The van der Waals surface area contributed by atoms with E-state index < -0.39 is 10.2 Å². The monoisotopic (exact) mass is 256 g/mol. The van der Waals surface area contributed by atoms with Crippen molar-refractivity contribution in [2.75, 3.05) is 0 Å². The van der Waals surface area contributed by atoms with Gasteiger partial charge in [0.25, 0.3) is 10.2 Å². The van der Waals surface area contributed by atoms with Gasteiger partial charge in [-0.1, -0.05) is 51.1 Å². The zero-order chi connectivity index (χ0) is 13.1. The Morgan fingerprint density at radius 1 is 1.29 bits per heavy atom. The molecule has 5 heteroatoms. The first kappa shape index (κ1) is 14.2. The summed E-state index contributed by atoms with van der Waals surface area (Å²) in [5, 5.41) is 5.05. The summed E-state index contributed by atoms with van der Waals surface area (Å²) in [4.78, 5) is 0. The second-order valence-electron chi connectivity index (χ2n) is 4.71. The Morgan fingerprint density at radius 3 is 2.24 bits per heavy atom. The number of hydrogen-bond acceptors (Lipinski definition) is 2. The van der Waals surface area contributed by atoms with Gasteiger partial charge < -0.3 is 0 Å². The van der Waals surface area contributed by atoms with Gasteiger partial charge in [-0.15, -0.1) is 0 Å². The molecule has 0 fully saturated rings. The van der Waals surface area contributed by atoms with E-state index in [4.69, 9.17) is 5.14 Å². The minimum absolute atomic E-state index is 0.222. The average Bonchev–Trinajstić information content (AvgIpc) is 2.25. The van der Waals surface area contributed by atoms with Crippen LogP contribution in [0.3, 0.4) is 0 Å². The minimum atomic E-state index is -3.68. The van der Waals surface area contributed by atoms with Crippen LogP contribution in [0, 0.1) is 0 Å². The van der Waals surface area contributed by atoms with Crippen molar-refractivity contribution < 1.29 is 8.42 Å². The SMILES string of the molecule is CCC(NS(N)(=O)=O)C(C)(C)c1ccccc1. The third kappa shape index (κ3) is 3.80. The summed E-state index contributed by atoms with van der Waals surface area (Å²) in [6.45, 7) is 5.96. The van der Waals surface area contributed by atoms with Crippen LogP contribution in [0.5, 0.6) is 0 Å². The predicted molar refractivity (Wildman–Crippen MR) is 69.8 cm³/mol. The largest absolute Gasteiger partial charge is 0.274 e. The molecule has 1 aromatic rings. The molecule has 0 aliphatic carbocycles. The molecule has 0 spiro atoms. The molecule has 0 aliphatic heterocycles. The molecule has 0 saturated carbocycles. The van der Waals surface area contributed by atoms with Gasteiger partial charge in [0.15, 0.2) is 0 Å². The molecule has 0 heterocycles. The molecule has 1 atom stereocenters. The van der Waals surface area contributed by atoms with Crippen molar-refractivity contribution in [3.63, 3.8) is 0 Å². The maximum absolute atomic E-state index is 11.1. The second kappa shape index (κ2) is 5.16. The minimum Gasteiger partial charge on any atom is -0.216 e. The summed E-state index contributed by atoms with van der Waals surface area (Å²) in [6.07, 6.45) is 0.679. The quantitative estimate of drug-likeness (QED) is 0.838. The lowest BCUT2D eigenvalue weighted by atomic mass is 9.77. The van der Waals surface area contributed by atoms with Gasteiger partial charge in [0.05, 0.1) is 0 Å². The number of hydrogen-bond donors (Lipinski definition) is 2. The van der Waals surface area contributed by atoms with Gasteiger partial charge in [-0.3, -0.25) is 0 Å².